The quantitative estimate of drug-likeness (QED) is 0.286. The summed E-state index contributed by atoms with van der Waals surface area (Å²) >= 11 is 0. The molecule has 0 bridgehead atoms. The number of hydrogen-bond donors (Lipinski definition) is 3. The molecule has 1 fully saturated rings. The van der Waals surface area contributed by atoms with Crippen LogP contribution in [-0.4, -0.2) is 67.4 Å². The minimum atomic E-state index is -0.573. The highest BCUT2D eigenvalue weighted by Crippen LogP contribution is 2.12. The lowest BCUT2D eigenvalue weighted by atomic mass is 10.1. The predicted molar refractivity (Wildman–Crippen MR) is 132 cm³/mol. The Bertz CT molecular complexity index is 882. The van der Waals surface area contributed by atoms with Crippen molar-refractivity contribution in [3.05, 3.63) is 59.8 Å². The number of primary amides is 1. The largest absolute Gasteiger partial charge is 0.368 e. The number of nitrogens with two attached hydrogens (primary N) is 1. The molecular weight excluding hydrogens is 509 g/mol. The van der Waals surface area contributed by atoms with Crippen LogP contribution in [-0.2, 0) is 11.3 Å². The molecule has 10 heteroatoms. The van der Waals surface area contributed by atoms with Gasteiger partial charge in [-0.3, -0.25) is 14.6 Å². The van der Waals surface area contributed by atoms with Gasteiger partial charge in [-0.25, -0.2) is 4.98 Å². The van der Waals surface area contributed by atoms with E-state index < -0.39 is 5.91 Å². The van der Waals surface area contributed by atoms with Gasteiger partial charge in [0.25, 0.3) is 5.91 Å². The molecule has 0 unspecified atom stereocenters. The summed E-state index contributed by atoms with van der Waals surface area (Å²) in [6, 6.07) is 13.1. The number of halogens is 1. The molecule has 1 aromatic carbocycles. The van der Waals surface area contributed by atoms with Crippen LogP contribution < -0.4 is 21.3 Å². The monoisotopic (exact) mass is 537 g/mol. The van der Waals surface area contributed by atoms with E-state index in [9.17, 15) is 9.59 Å². The first-order valence-corrected chi connectivity index (χ1v) is 9.84. The second-order valence-electron chi connectivity index (χ2n) is 6.91. The SMILES string of the molecule is CN=C(NCc1ccc(C(=O)NCC(N)=O)cc1)N1CCN(c2ccccn2)CC1.I. The lowest BCUT2D eigenvalue weighted by Gasteiger charge is -2.37. The van der Waals surface area contributed by atoms with Crippen molar-refractivity contribution in [2.45, 2.75) is 6.54 Å². The summed E-state index contributed by atoms with van der Waals surface area (Å²) in [5.41, 5.74) is 6.54. The summed E-state index contributed by atoms with van der Waals surface area (Å²) in [7, 11) is 1.78. The van der Waals surface area contributed by atoms with Crippen LogP contribution in [0.15, 0.2) is 53.7 Å². The van der Waals surface area contributed by atoms with E-state index in [1.807, 2.05) is 36.5 Å². The van der Waals surface area contributed by atoms with Crippen molar-refractivity contribution in [1.29, 1.82) is 0 Å². The zero-order valence-corrected chi connectivity index (χ0v) is 19.8. The van der Waals surface area contributed by atoms with Gasteiger partial charge in [-0.1, -0.05) is 18.2 Å². The summed E-state index contributed by atoms with van der Waals surface area (Å²) in [5, 5.41) is 5.85. The fourth-order valence-corrected chi connectivity index (χ4v) is 3.24. The summed E-state index contributed by atoms with van der Waals surface area (Å²) in [4.78, 5) is 36.0. The maximum absolute atomic E-state index is 11.9. The van der Waals surface area contributed by atoms with Crippen molar-refractivity contribution in [2.24, 2.45) is 10.7 Å². The number of aromatic nitrogens is 1. The van der Waals surface area contributed by atoms with Gasteiger partial charge in [-0.15, -0.1) is 24.0 Å². The molecule has 2 aromatic rings. The van der Waals surface area contributed by atoms with E-state index >= 15 is 0 Å². The Kier molecular flexibility index (Phi) is 9.50. The molecule has 1 aliphatic heterocycles. The van der Waals surface area contributed by atoms with Crippen molar-refractivity contribution in [1.82, 2.24) is 20.5 Å². The van der Waals surface area contributed by atoms with Crippen LogP contribution in [0.1, 0.15) is 15.9 Å². The number of nitrogens with one attached hydrogen (secondary N) is 2. The second-order valence-corrected chi connectivity index (χ2v) is 6.91. The number of benzene rings is 1. The maximum Gasteiger partial charge on any atom is 0.251 e. The Morgan fingerprint density at radius 3 is 2.35 bits per heavy atom. The van der Waals surface area contributed by atoms with Crippen LogP contribution in [0.25, 0.3) is 0 Å². The number of anilines is 1. The lowest BCUT2D eigenvalue weighted by Crippen LogP contribution is -2.52. The molecule has 1 saturated heterocycles. The number of hydrogen-bond acceptors (Lipinski definition) is 5. The van der Waals surface area contributed by atoms with Crippen LogP contribution in [0.5, 0.6) is 0 Å². The molecule has 0 radical (unpaired) electrons. The summed E-state index contributed by atoms with van der Waals surface area (Å²) in [6.07, 6.45) is 1.81. The van der Waals surface area contributed by atoms with Gasteiger partial charge in [0.15, 0.2) is 5.96 Å². The minimum Gasteiger partial charge on any atom is -0.368 e. The number of piperazine rings is 1. The summed E-state index contributed by atoms with van der Waals surface area (Å²) in [6.45, 7) is 3.90. The molecule has 0 saturated carbocycles. The number of rotatable bonds is 6. The predicted octanol–water partition coefficient (Wildman–Crippen LogP) is 0.812. The van der Waals surface area contributed by atoms with Crippen LogP contribution in [0.2, 0.25) is 0 Å². The highest BCUT2D eigenvalue weighted by molar-refractivity contribution is 14.0. The molecule has 4 N–H and O–H groups in total. The summed E-state index contributed by atoms with van der Waals surface area (Å²) in [5.74, 6) is 0.949. The molecule has 1 aromatic heterocycles. The number of carbonyl (C=O) groups excluding carboxylic acids is 2. The van der Waals surface area contributed by atoms with Gasteiger partial charge in [0.2, 0.25) is 5.91 Å². The number of guanidine groups is 1. The fourth-order valence-electron chi connectivity index (χ4n) is 3.24. The van der Waals surface area contributed by atoms with E-state index in [1.165, 1.54) is 0 Å². The van der Waals surface area contributed by atoms with Crippen LogP contribution in [0.4, 0.5) is 5.82 Å². The average Bonchev–Trinajstić information content (AvgIpc) is 2.79. The average molecular weight is 537 g/mol. The van der Waals surface area contributed by atoms with Crippen molar-refractivity contribution in [3.63, 3.8) is 0 Å². The van der Waals surface area contributed by atoms with Gasteiger partial charge in [0.05, 0.1) is 6.54 Å². The van der Waals surface area contributed by atoms with E-state index in [4.69, 9.17) is 5.73 Å². The molecular formula is C21H28IN7O2. The Hall–Kier alpha value is -2.89. The maximum atomic E-state index is 11.9. The third kappa shape index (κ3) is 7.09. The van der Waals surface area contributed by atoms with Crippen molar-refractivity contribution in [3.8, 4) is 0 Å². The van der Waals surface area contributed by atoms with Gasteiger partial charge >= 0.3 is 0 Å². The van der Waals surface area contributed by atoms with Crippen LogP contribution >= 0.6 is 24.0 Å². The topological polar surface area (TPSA) is 116 Å². The van der Waals surface area contributed by atoms with Gasteiger partial charge in [0, 0.05) is 51.5 Å². The van der Waals surface area contributed by atoms with Crippen LogP contribution in [0.3, 0.4) is 0 Å². The molecule has 0 aliphatic carbocycles. The third-order valence-corrected chi connectivity index (χ3v) is 4.85. The first-order valence-electron chi connectivity index (χ1n) is 9.84. The van der Waals surface area contributed by atoms with Gasteiger partial charge in [-0.2, -0.15) is 0 Å². The minimum absolute atomic E-state index is 0. The molecule has 9 nitrogen and oxygen atoms in total. The number of carbonyl (C=O) groups is 2. The zero-order chi connectivity index (χ0) is 21.3. The first-order chi connectivity index (χ1) is 14.6. The third-order valence-electron chi connectivity index (χ3n) is 4.85. The van der Waals surface area contributed by atoms with Gasteiger partial charge in [0.1, 0.15) is 5.82 Å². The van der Waals surface area contributed by atoms with E-state index in [-0.39, 0.29) is 36.4 Å². The fraction of sp³-hybridized carbons (Fsp3) is 0.333. The Morgan fingerprint density at radius 1 is 1.06 bits per heavy atom. The van der Waals surface area contributed by atoms with Crippen molar-refractivity contribution < 1.29 is 9.59 Å². The van der Waals surface area contributed by atoms with E-state index in [2.05, 4.69) is 30.4 Å². The molecule has 3 rings (SSSR count). The molecule has 31 heavy (non-hydrogen) atoms. The van der Waals surface area contributed by atoms with E-state index in [1.54, 1.807) is 19.2 Å². The zero-order valence-electron chi connectivity index (χ0n) is 17.5. The van der Waals surface area contributed by atoms with E-state index in [0.717, 1.165) is 43.5 Å². The van der Waals surface area contributed by atoms with E-state index in [0.29, 0.717) is 12.1 Å². The molecule has 166 valence electrons. The summed E-state index contributed by atoms with van der Waals surface area (Å²) < 4.78 is 0. The molecule has 2 heterocycles. The molecule has 2 amide bonds. The Morgan fingerprint density at radius 2 is 1.77 bits per heavy atom. The number of pyridine rings is 1. The first kappa shape index (κ1) is 24.4. The number of amides is 2. The van der Waals surface area contributed by atoms with Gasteiger partial charge < -0.3 is 26.2 Å². The second kappa shape index (κ2) is 12.1. The van der Waals surface area contributed by atoms with Crippen molar-refractivity contribution >= 4 is 47.6 Å². The standard InChI is InChI=1S/C21H27N7O2.HI/c1-23-21(28-12-10-27(11-13-28)19-4-2-3-9-24-19)26-14-16-5-7-17(8-6-16)20(30)25-15-18(22)29;/h2-9H,10-15H2,1H3,(H2,22,29)(H,23,26)(H,25,30);1H. The molecule has 0 spiro atoms. The molecule has 0 atom stereocenters. The van der Waals surface area contributed by atoms with Crippen LogP contribution in [0, 0.1) is 0 Å². The normalized spacial score (nSPS) is 13.9. The van der Waals surface area contributed by atoms with Gasteiger partial charge in [-0.05, 0) is 29.8 Å². The Balaban J connectivity index is 0.00000341. The highest BCUT2D eigenvalue weighted by Gasteiger charge is 2.20. The smallest absolute Gasteiger partial charge is 0.251 e. The number of aliphatic imine (C=N–C) groups is 1. The lowest BCUT2D eigenvalue weighted by molar-refractivity contribution is -0.117. The number of nitrogens with zero attached hydrogens (tertiary/aromatic N) is 4. The highest BCUT2D eigenvalue weighted by atomic mass is 127. The Labute approximate surface area is 199 Å². The molecule has 1 aliphatic rings. The van der Waals surface area contributed by atoms with Crippen molar-refractivity contribution in [2.75, 3.05) is 44.7 Å².